The van der Waals surface area contributed by atoms with Crippen LogP contribution in [0.1, 0.15) is 30.0 Å². The lowest BCUT2D eigenvalue weighted by atomic mass is 10.0. The standard InChI is InChI=1S/C12H14N2O2/c1-9(2)12(15)10-4-6-14(7-10)8-11-3-5-13-16-11/h3-7,9H,8H2,1-2H3. The van der Waals surface area contributed by atoms with Gasteiger partial charge in [-0.2, -0.15) is 0 Å². The number of hydrogen-bond donors (Lipinski definition) is 0. The van der Waals surface area contributed by atoms with Crippen molar-refractivity contribution in [2.75, 3.05) is 0 Å². The van der Waals surface area contributed by atoms with Crippen LogP contribution in [-0.2, 0) is 6.54 Å². The molecule has 2 aromatic heterocycles. The van der Waals surface area contributed by atoms with Crippen LogP contribution in [0.4, 0.5) is 0 Å². The van der Waals surface area contributed by atoms with E-state index in [0.29, 0.717) is 6.54 Å². The van der Waals surface area contributed by atoms with E-state index in [0.717, 1.165) is 11.3 Å². The maximum Gasteiger partial charge on any atom is 0.166 e. The summed E-state index contributed by atoms with van der Waals surface area (Å²) in [4.78, 5) is 11.7. The second-order valence-corrected chi connectivity index (χ2v) is 4.07. The van der Waals surface area contributed by atoms with E-state index < -0.39 is 0 Å². The first-order valence-corrected chi connectivity index (χ1v) is 5.26. The van der Waals surface area contributed by atoms with Gasteiger partial charge in [-0.3, -0.25) is 4.79 Å². The fourth-order valence-electron chi connectivity index (χ4n) is 1.52. The van der Waals surface area contributed by atoms with Crippen LogP contribution in [0.15, 0.2) is 35.2 Å². The van der Waals surface area contributed by atoms with Crippen molar-refractivity contribution in [3.63, 3.8) is 0 Å². The summed E-state index contributed by atoms with van der Waals surface area (Å²) in [5, 5.41) is 3.63. The van der Waals surface area contributed by atoms with Crippen LogP contribution in [0.5, 0.6) is 0 Å². The van der Waals surface area contributed by atoms with Gasteiger partial charge in [-0.25, -0.2) is 0 Å². The average Bonchev–Trinajstić information content (AvgIpc) is 2.88. The zero-order chi connectivity index (χ0) is 11.5. The number of Topliss-reactive ketones (excluding diaryl/α,β-unsaturated/α-hetero) is 1. The molecule has 0 aliphatic heterocycles. The number of ketones is 1. The van der Waals surface area contributed by atoms with E-state index in [9.17, 15) is 4.79 Å². The molecule has 0 aliphatic carbocycles. The Morgan fingerprint density at radius 2 is 2.31 bits per heavy atom. The summed E-state index contributed by atoms with van der Waals surface area (Å²) >= 11 is 0. The Bertz CT molecular complexity index is 469. The van der Waals surface area contributed by atoms with Gasteiger partial charge < -0.3 is 9.09 Å². The van der Waals surface area contributed by atoms with Crippen LogP contribution in [0.25, 0.3) is 0 Å². The molecule has 0 bridgehead atoms. The zero-order valence-electron chi connectivity index (χ0n) is 9.38. The lowest BCUT2D eigenvalue weighted by molar-refractivity contribution is 0.0939. The molecule has 0 aliphatic rings. The van der Waals surface area contributed by atoms with Crippen LogP contribution in [-0.4, -0.2) is 15.5 Å². The minimum absolute atomic E-state index is 0.0288. The largest absolute Gasteiger partial charge is 0.359 e. The van der Waals surface area contributed by atoms with Crippen LogP contribution in [0, 0.1) is 5.92 Å². The predicted molar refractivity (Wildman–Crippen MR) is 59.2 cm³/mol. The van der Waals surface area contributed by atoms with Gasteiger partial charge in [0.05, 0.1) is 12.7 Å². The summed E-state index contributed by atoms with van der Waals surface area (Å²) in [5.74, 6) is 0.969. The van der Waals surface area contributed by atoms with Gasteiger partial charge in [-0.1, -0.05) is 19.0 Å². The molecule has 84 valence electrons. The normalized spacial score (nSPS) is 10.9. The molecule has 2 heterocycles. The number of nitrogens with zero attached hydrogens (tertiary/aromatic N) is 2. The number of carbonyl (C=O) groups is 1. The van der Waals surface area contributed by atoms with Crippen LogP contribution < -0.4 is 0 Å². The zero-order valence-corrected chi connectivity index (χ0v) is 9.38. The minimum Gasteiger partial charge on any atom is -0.359 e. The molecule has 2 aromatic rings. The summed E-state index contributed by atoms with van der Waals surface area (Å²) < 4.78 is 6.91. The maximum absolute atomic E-state index is 11.7. The van der Waals surface area contributed by atoms with Crippen molar-refractivity contribution in [1.82, 2.24) is 9.72 Å². The second kappa shape index (κ2) is 4.35. The topological polar surface area (TPSA) is 48.0 Å². The Morgan fingerprint density at radius 3 is 2.94 bits per heavy atom. The molecule has 0 spiro atoms. The Labute approximate surface area is 93.9 Å². The number of rotatable bonds is 4. The van der Waals surface area contributed by atoms with E-state index in [1.165, 1.54) is 0 Å². The van der Waals surface area contributed by atoms with Gasteiger partial charge in [0.15, 0.2) is 11.5 Å². The van der Waals surface area contributed by atoms with Crippen molar-refractivity contribution in [1.29, 1.82) is 0 Å². The smallest absolute Gasteiger partial charge is 0.166 e. The van der Waals surface area contributed by atoms with Gasteiger partial charge in [0, 0.05) is 29.9 Å². The van der Waals surface area contributed by atoms with E-state index in [4.69, 9.17) is 4.52 Å². The monoisotopic (exact) mass is 218 g/mol. The first kappa shape index (κ1) is 10.7. The molecule has 4 heteroatoms. The molecular weight excluding hydrogens is 204 g/mol. The van der Waals surface area contributed by atoms with Crippen LogP contribution in [0.2, 0.25) is 0 Å². The molecule has 0 amide bonds. The van der Waals surface area contributed by atoms with Crippen molar-refractivity contribution in [3.8, 4) is 0 Å². The Hall–Kier alpha value is -1.84. The molecule has 0 N–H and O–H groups in total. The minimum atomic E-state index is 0.0288. The summed E-state index contributed by atoms with van der Waals surface area (Å²) in [5.41, 5.74) is 0.745. The lowest BCUT2D eigenvalue weighted by Gasteiger charge is -2.00. The summed E-state index contributed by atoms with van der Waals surface area (Å²) in [6, 6.07) is 3.64. The highest BCUT2D eigenvalue weighted by molar-refractivity contribution is 5.97. The summed E-state index contributed by atoms with van der Waals surface area (Å²) in [6.07, 6.45) is 5.32. The third-order valence-corrected chi connectivity index (χ3v) is 2.39. The van der Waals surface area contributed by atoms with Gasteiger partial charge in [0.25, 0.3) is 0 Å². The Balaban J connectivity index is 2.11. The quantitative estimate of drug-likeness (QED) is 0.740. The van der Waals surface area contributed by atoms with Crippen molar-refractivity contribution in [2.45, 2.75) is 20.4 Å². The highest BCUT2D eigenvalue weighted by Gasteiger charge is 2.11. The molecule has 2 rings (SSSR count). The third-order valence-electron chi connectivity index (χ3n) is 2.39. The predicted octanol–water partition coefficient (Wildman–Crippen LogP) is 2.36. The molecular formula is C12H14N2O2. The molecule has 0 radical (unpaired) electrons. The highest BCUT2D eigenvalue weighted by atomic mass is 16.5. The summed E-state index contributed by atoms with van der Waals surface area (Å²) in [7, 11) is 0. The van der Waals surface area contributed by atoms with Crippen molar-refractivity contribution >= 4 is 5.78 Å². The number of hydrogen-bond acceptors (Lipinski definition) is 3. The summed E-state index contributed by atoms with van der Waals surface area (Å²) in [6.45, 7) is 4.40. The first-order chi connectivity index (χ1) is 7.66. The number of carbonyl (C=O) groups excluding carboxylic acids is 1. The van der Waals surface area contributed by atoms with Gasteiger partial charge in [-0.15, -0.1) is 0 Å². The average molecular weight is 218 g/mol. The molecule has 0 unspecified atom stereocenters. The van der Waals surface area contributed by atoms with Crippen LogP contribution in [0.3, 0.4) is 0 Å². The molecule has 0 aromatic carbocycles. The number of aromatic nitrogens is 2. The fraction of sp³-hybridized carbons (Fsp3) is 0.333. The van der Waals surface area contributed by atoms with E-state index >= 15 is 0 Å². The van der Waals surface area contributed by atoms with Crippen molar-refractivity contribution in [2.24, 2.45) is 5.92 Å². The first-order valence-electron chi connectivity index (χ1n) is 5.26. The third kappa shape index (κ3) is 2.21. The molecule has 0 saturated heterocycles. The Kier molecular flexibility index (Phi) is 2.90. The van der Waals surface area contributed by atoms with Gasteiger partial charge in [-0.05, 0) is 6.07 Å². The second-order valence-electron chi connectivity index (χ2n) is 4.07. The highest BCUT2D eigenvalue weighted by Crippen LogP contribution is 2.10. The molecule has 0 saturated carbocycles. The van der Waals surface area contributed by atoms with Gasteiger partial charge in [0.1, 0.15) is 0 Å². The molecule has 4 nitrogen and oxygen atoms in total. The van der Waals surface area contributed by atoms with E-state index in [1.807, 2.05) is 42.9 Å². The van der Waals surface area contributed by atoms with E-state index in [1.54, 1.807) is 6.20 Å². The van der Waals surface area contributed by atoms with Crippen molar-refractivity contribution in [3.05, 3.63) is 42.0 Å². The molecule has 0 atom stereocenters. The maximum atomic E-state index is 11.7. The Morgan fingerprint density at radius 1 is 1.50 bits per heavy atom. The van der Waals surface area contributed by atoms with Crippen LogP contribution >= 0.6 is 0 Å². The molecule has 16 heavy (non-hydrogen) atoms. The lowest BCUT2D eigenvalue weighted by Crippen LogP contribution is -2.06. The molecule has 0 fully saturated rings. The van der Waals surface area contributed by atoms with Gasteiger partial charge >= 0.3 is 0 Å². The van der Waals surface area contributed by atoms with Crippen molar-refractivity contribution < 1.29 is 9.32 Å². The van der Waals surface area contributed by atoms with E-state index in [2.05, 4.69) is 5.16 Å². The van der Waals surface area contributed by atoms with Gasteiger partial charge in [0.2, 0.25) is 0 Å². The van der Waals surface area contributed by atoms with E-state index in [-0.39, 0.29) is 11.7 Å². The fourth-order valence-corrected chi connectivity index (χ4v) is 1.52. The SMILES string of the molecule is CC(C)C(=O)c1ccn(Cc2ccno2)c1.